The summed E-state index contributed by atoms with van der Waals surface area (Å²) < 4.78 is 15.5. The molecule has 0 fully saturated rings. The van der Waals surface area contributed by atoms with Gasteiger partial charge in [0, 0.05) is 29.2 Å². The first-order valence-corrected chi connectivity index (χ1v) is 9.36. The Balaban J connectivity index is 1.34. The van der Waals surface area contributed by atoms with Crippen LogP contribution in [0, 0.1) is 5.82 Å². The number of fused-ring (bicyclic) bond motifs is 2. The van der Waals surface area contributed by atoms with Gasteiger partial charge in [0.05, 0.1) is 6.54 Å². The fraction of sp³-hybridized carbons (Fsp3) is 0.143. The van der Waals surface area contributed by atoms with Crippen LogP contribution in [0.3, 0.4) is 0 Å². The van der Waals surface area contributed by atoms with Crippen LogP contribution in [0.25, 0.3) is 22.1 Å². The molecule has 144 valence electrons. The molecule has 7 nitrogen and oxygen atoms in total. The van der Waals surface area contributed by atoms with Gasteiger partial charge in [-0.2, -0.15) is 0 Å². The van der Waals surface area contributed by atoms with Gasteiger partial charge in [0.2, 0.25) is 0 Å². The Kier molecular flexibility index (Phi) is 4.36. The number of nitrogens with one attached hydrogen (secondary N) is 2. The minimum Gasteiger partial charge on any atom is -0.368 e. The molecule has 3 aromatic heterocycles. The number of benzene rings is 2. The van der Waals surface area contributed by atoms with Crippen molar-refractivity contribution in [2.75, 3.05) is 11.9 Å². The van der Waals surface area contributed by atoms with Gasteiger partial charge in [0.25, 0.3) is 0 Å². The van der Waals surface area contributed by atoms with E-state index in [2.05, 4.69) is 42.7 Å². The second-order valence-electron chi connectivity index (χ2n) is 6.77. The maximum absolute atomic E-state index is 14.0. The van der Waals surface area contributed by atoms with E-state index in [-0.39, 0.29) is 12.4 Å². The Hall–Kier alpha value is -3.81. The van der Waals surface area contributed by atoms with Crippen LogP contribution in [0.1, 0.15) is 11.1 Å². The zero-order chi connectivity index (χ0) is 19.6. The highest BCUT2D eigenvalue weighted by molar-refractivity contribution is 5.83. The molecule has 5 aromatic rings. The first kappa shape index (κ1) is 17.3. The number of halogens is 1. The fourth-order valence-electron chi connectivity index (χ4n) is 3.47. The van der Waals surface area contributed by atoms with Gasteiger partial charge in [0.1, 0.15) is 12.1 Å². The molecule has 0 saturated heterocycles. The molecule has 2 aromatic carbocycles. The van der Waals surface area contributed by atoms with Gasteiger partial charge >= 0.3 is 0 Å². The molecular formula is C21H18FN7. The highest BCUT2D eigenvalue weighted by atomic mass is 19.1. The number of nitrogens with zero attached hydrogens (tertiary/aromatic N) is 5. The summed E-state index contributed by atoms with van der Waals surface area (Å²) in [4.78, 5) is 11.9. The fourth-order valence-corrected chi connectivity index (χ4v) is 3.47. The molecule has 0 atom stereocenters. The minimum atomic E-state index is -0.276. The minimum absolute atomic E-state index is 0.259. The molecule has 2 N–H and O–H groups in total. The van der Waals surface area contributed by atoms with Crippen molar-refractivity contribution in [3.05, 3.63) is 78.0 Å². The van der Waals surface area contributed by atoms with E-state index in [1.165, 1.54) is 23.3 Å². The molecular weight excluding hydrogens is 369 g/mol. The summed E-state index contributed by atoms with van der Waals surface area (Å²) in [5.41, 5.74) is 4.04. The standard InChI is InChI=1S/C21H18FN7/c22-17-7-3-1-5-15(17)12-29-21-19(27-28-29)20(25-13-26-21)23-10-9-14-11-24-18-8-4-2-6-16(14)18/h1-8,11,13,24H,9-10,12H2,(H,23,25,26). The molecule has 0 aliphatic rings. The molecule has 5 rings (SSSR count). The topological polar surface area (TPSA) is 84.3 Å². The Morgan fingerprint density at radius 2 is 1.86 bits per heavy atom. The number of H-pyrrole nitrogens is 1. The van der Waals surface area contributed by atoms with Crippen LogP contribution in [0.2, 0.25) is 0 Å². The highest BCUT2D eigenvalue weighted by Gasteiger charge is 2.13. The summed E-state index contributed by atoms with van der Waals surface area (Å²) in [6, 6.07) is 14.8. The quantitative estimate of drug-likeness (QED) is 0.466. The monoisotopic (exact) mass is 387 g/mol. The van der Waals surface area contributed by atoms with Gasteiger partial charge in [-0.25, -0.2) is 19.0 Å². The number of rotatable bonds is 6. The van der Waals surface area contributed by atoms with Gasteiger partial charge < -0.3 is 10.3 Å². The van der Waals surface area contributed by atoms with E-state index < -0.39 is 0 Å². The predicted octanol–water partition coefficient (Wildman–Crippen LogP) is 3.54. The number of aromatic amines is 1. The van der Waals surface area contributed by atoms with Crippen molar-refractivity contribution in [1.29, 1.82) is 0 Å². The van der Waals surface area contributed by atoms with Crippen LogP contribution in [0.15, 0.2) is 61.1 Å². The maximum atomic E-state index is 14.0. The van der Waals surface area contributed by atoms with Crippen LogP contribution in [0.5, 0.6) is 0 Å². The maximum Gasteiger partial charge on any atom is 0.184 e. The molecule has 0 aliphatic heterocycles. The second kappa shape index (κ2) is 7.31. The van der Waals surface area contributed by atoms with E-state index in [9.17, 15) is 4.39 Å². The van der Waals surface area contributed by atoms with Gasteiger partial charge in [0.15, 0.2) is 17.0 Å². The van der Waals surface area contributed by atoms with Gasteiger partial charge in [-0.05, 0) is 24.1 Å². The van der Waals surface area contributed by atoms with Crippen molar-refractivity contribution < 1.29 is 4.39 Å². The van der Waals surface area contributed by atoms with Crippen LogP contribution in [0.4, 0.5) is 10.2 Å². The predicted molar refractivity (Wildman–Crippen MR) is 109 cm³/mol. The number of para-hydroxylation sites is 1. The molecule has 3 heterocycles. The third-order valence-electron chi connectivity index (χ3n) is 4.94. The van der Waals surface area contributed by atoms with Crippen molar-refractivity contribution in [3.63, 3.8) is 0 Å². The number of aromatic nitrogens is 6. The lowest BCUT2D eigenvalue weighted by Crippen LogP contribution is -2.08. The molecule has 0 amide bonds. The van der Waals surface area contributed by atoms with E-state index in [1.807, 2.05) is 18.3 Å². The van der Waals surface area contributed by atoms with Gasteiger partial charge in [-0.15, -0.1) is 5.10 Å². The molecule has 0 radical (unpaired) electrons. The van der Waals surface area contributed by atoms with E-state index in [4.69, 9.17) is 0 Å². The van der Waals surface area contributed by atoms with Crippen LogP contribution >= 0.6 is 0 Å². The van der Waals surface area contributed by atoms with Crippen LogP contribution < -0.4 is 5.32 Å². The smallest absolute Gasteiger partial charge is 0.184 e. The third kappa shape index (κ3) is 3.29. The lowest BCUT2D eigenvalue weighted by Gasteiger charge is -2.06. The zero-order valence-electron chi connectivity index (χ0n) is 15.5. The highest BCUT2D eigenvalue weighted by Crippen LogP contribution is 2.20. The number of anilines is 1. The Morgan fingerprint density at radius 3 is 2.79 bits per heavy atom. The van der Waals surface area contributed by atoms with Crippen molar-refractivity contribution in [1.82, 2.24) is 29.9 Å². The molecule has 8 heteroatoms. The third-order valence-corrected chi connectivity index (χ3v) is 4.94. The van der Waals surface area contributed by atoms with Gasteiger partial charge in [-0.1, -0.05) is 41.6 Å². The molecule has 0 aliphatic carbocycles. The van der Waals surface area contributed by atoms with E-state index >= 15 is 0 Å². The average molecular weight is 387 g/mol. The zero-order valence-corrected chi connectivity index (χ0v) is 15.5. The molecule has 0 bridgehead atoms. The van der Waals surface area contributed by atoms with E-state index in [1.54, 1.807) is 22.9 Å². The SMILES string of the molecule is Fc1ccccc1Cn1nnc2c(NCCc3c[nH]c4ccccc34)ncnc21. The summed E-state index contributed by atoms with van der Waals surface area (Å²) in [7, 11) is 0. The number of hydrogen-bond acceptors (Lipinski definition) is 5. The first-order chi connectivity index (χ1) is 14.3. The lowest BCUT2D eigenvalue weighted by atomic mass is 10.1. The van der Waals surface area contributed by atoms with Crippen LogP contribution in [-0.2, 0) is 13.0 Å². The van der Waals surface area contributed by atoms with E-state index in [0.29, 0.717) is 29.1 Å². The number of hydrogen-bond donors (Lipinski definition) is 2. The summed E-state index contributed by atoms with van der Waals surface area (Å²) in [5, 5.41) is 12.9. The summed E-state index contributed by atoms with van der Waals surface area (Å²) in [6.07, 6.45) is 4.34. The van der Waals surface area contributed by atoms with Gasteiger partial charge in [-0.3, -0.25) is 0 Å². The molecule has 0 saturated carbocycles. The van der Waals surface area contributed by atoms with Crippen molar-refractivity contribution in [2.24, 2.45) is 0 Å². The lowest BCUT2D eigenvalue weighted by molar-refractivity contribution is 0.582. The summed E-state index contributed by atoms with van der Waals surface area (Å²) in [5.74, 6) is 0.344. The Bertz CT molecular complexity index is 1290. The normalized spacial score (nSPS) is 11.3. The first-order valence-electron chi connectivity index (χ1n) is 9.36. The molecule has 29 heavy (non-hydrogen) atoms. The Labute approximate surface area is 165 Å². The summed E-state index contributed by atoms with van der Waals surface area (Å²) >= 11 is 0. The van der Waals surface area contributed by atoms with Crippen molar-refractivity contribution >= 4 is 27.9 Å². The summed E-state index contributed by atoms with van der Waals surface area (Å²) in [6.45, 7) is 0.948. The van der Waals surface area contributed by atoms with Crippen LogP contribution in [-0.4, -0.2) is 36.5 Å². The van der Waals surface area contributed by atoms with E-state index in [0.717, 1.165) is 11.9 Å². The average Bonchev–Trinajstić information content (AvgIpc) is 3.35. The molecule has 0 unspecified atom stereocenters. The Morgan fingerprint density at radius 1 is 1.00 bits per heavy atom. The second-order valence-corrected chi connectivity index (χ2v) is 6.77. The van der Waals surface area contributed by atoms with Crippen molar-refractivity contribution in [2.45, 2.75) is 13.0 Å². The molecule has 0 spiro atoms. The van der Waals surface area contributed by atoms with Crippen molar-refractivity contribution in [3.8, 4) is 0 Å². The largest absolute Gasteiger partial charge is 0.368 e.